The van der Waals surface area contributed by atoms with Crippen LogP contribution >= 0.6 is 11.6 Å². The number of ether oxygens (including phenoxy) is 1. The summed E-state index contributed by atoms with van der Waals surface area (Å²) < 4.78 is 5.83. The summed E-state index contributed by atoms with van der Waals surface area (Å²) in [5.41, 5.74) is 2.34. The highest BCUT2D eigenvalue weighted by molar-refractivity contribution is 6.30. The third-order valence-electron chi connectivity index (χ3n) is 4.14. The van der Waals surface area contributed by atoms with Crippen LogP contribution in [0.25, 0.3) is 0 Å². The minimum Gasteiger partial charge on any atom is -0.454 e. The summed E-state index contributed by atoms with van der Waals surface area (Å²) in [4.78, 5) is 24.8. The van der Waals surface area contributed by atoms with Gasteiger partial charge in [0, 0.05) is 10.7 Å². The maximum absolute atomic E-state index is 12.5. The highest BCUT2D eigenvalue weighted by atomic mass is 35.5. The van der Waals surface area contributed by atoms with Crippen LogP contribution in [0.3, 0.4) is 0 Å². The first kappa shape index (κ1) is 17.1. The average molecular weight is 379 g/mol. The molecule has 1 heterocycles. The maximum atomic E-state index is 12.5. The maximum Gasteiger partial charge on any atom is 0.259 e. The lowest BCUT2D eigenvalue weighted by Gasteiger charge is -2.10. The van der Waals surface area contributed by atoms with E-state index < -0.39 is 0 Å². The van der Waals surface area contributed by atoms with Crippen LogP contribution in [0.4, 0.5) is 11.4 Å². The Morgan fingerprint density at radius 1 is 1.00 bits per heavy atom. The Morgan fingerprint density at radius 2 is 1.78 bits per heavy atom. The van der Waals surface area contributed by atoms with E-state index >= 15 is 0 Å². The lowest BCUT2D eigenvalue weighted by Crippen LogP contribution is -2.15. The van der Waals surface area contributed by atoms with Gasteiger partial charge in [-0.2, -0.15) is 0 Å². The quantitative estimate of drug-likeness (QED) is 0.682. The van der Waals surface area contributed by atoms with Gasteiger partial charge in [-0.25, -0.2) is 0 Å². The van der Waals surface area contributed by atoms with Crippen molar-refractivity contribution >= 4 is 34.8 Å². The molecular weight excluding hydrogens is 364 g/mol. The fourth-order valence-corrected chi connectivity index (χ4v) is 2.96. The normalized spacial score (nSPS) is 12.1. The van der Waals surface area contributed by atoms with Crippen molar-refractivity contribution in [2.45, 2.75) is 6.42 Å². The van der Waals surface area contributed by atoms with E-state index in [4.69, 9.17) is 16.3 Å². The van der Waals surface area contributed by atoms with Gasteiger partial charge in [-0.05, 0) is 48.0 Å². The SMILES string of the molecule is O=C(Cc1ccc(Cl)cc1)Nc1ccc2c(c1)C(=O)Nc1ccccc1O2. The lowest BCUT2D eigenvalue weighted by molar-refractivity contribution is -0.115. The second-order valence-corrected chi connectivity index (χ2v) is 6.55. The molecular formula is C21H15ClN2O3. The zero-order valence-corrected chi connectivity index (χ0v) is 14.9. The van der Waals surface area contributed by atoms with Gasteiger partial charge in [0.1, 0.15) is 5.75 Å². The van der Waals surface area contributed by atoms with E-state index in [-0.39, 0.29) is 18.2 Å². The van der Waals surface area contributed by atoms with Crippen LogP contribution < -0.4 is 15.4 Å². The number of carbonyl (C=O) groups excluding carboxylic acids is 2. The number of nitrogens with one attached hydrogen (secondary N) is 2. The molecule has 1 aliphatic heterocycles. The van der Waals surface area contributed by atoms with Gasteiger partial charge in [0.25, 0.3) is 5.91 Å². The van der Waals surface area contributed by atoms with Crippen LogP contribution in [-0.4, -0.2) is 11.8 Å². The molecule has 0 spiro atoms. The molecule has 2 amide bonds. The molecule has 0 saturated heterocycles. The summed E-state index contributed by atoms with van der Waals surface area (Å²) in [6.45, 7) is 0. The summed E-state index contributed by atoms with van der Waals surface area (Å²) in [5, 5.41) is 6.25. The first-order valence-electron chi connectivity index (χ1n) is 8.35. The van der Waals surface area contributed by atoms with Crippen molar-refractivity contribution in [3.63, 3.8) is 0 Å². The van der Waals surface area contributed by atoms with Crippen LogP contribution in [0.5, 0.6) is 11.5 Å². The van der Waals surface area contributed by atoms with Crippen LogP contribution in [0.2, 0.25) is 5.02 Å². The Labute approximate surface area is 160 Å². The molecule has 2 N–H and O–H groups in total. The zero-order valence-electron chi connectivity index (χ0n) is 14.2. The molecule has 0 aliphatic carbocycles. The van der Waals surface area contributed by atoms with Gasteiger partial charge in [-0.15, -0.1) is 0 Å². The second kappa shape index (κ2) is 7.13. The van der Waals surface area contributed by atoms with Crippen molar-refractivity contribution in [1.29, 1.82) is 0 Å². The number of carbonyl (C=O) groups is 2. The Bertz CT molecular complexity index is 1030. The largest absolute Gasteiger partial charge is 0.454 e. The van der Waals surface area contributed by atoms with E-state index in [2.05, 4.69) is 10.6 Å². The van der Waals surface area contributed by atoms with E-state index in [1.807, 2.05) is 12.1 Å². The molecule has 0 unspecified atom stereocenters. The summed E-state index contributed by atoms with van der Waals surface area (Å²) in [7, 11) is 0. The first-order chi connectivity index (χ1) is 13.1. The molecule has 0 saturated carbocycles. The molecule has 4 rings (SSSR count). The van der Waals surface area contributed by atoms with Crippen LogP contribution in [-0.2, 0) is 11.2 Å². The Hall–Kier alpha value is -3.31. The van der Waals surface area contributed by atoms with Gasteiger partial charge in [0.15, 0.2) is 5.75 Å². The smallest absolute Gasteiger partial charge is 0.259 e. The van der Waals surface area contributed by atoms with E-state index in [0.717, 1.165) is 5.56 Å². The average Bonchev–Trinajstić information content (AvgIpc) is 2.79. The standard InChI is InChI=1S/C21H15ClN2O3/c22-14-7-5-13(6-8-14)11-20(25)23-15-9-10-18-16(12-15)21(26)24-17-3-1-2-4-19(17)27-18/h1-10,12H,11H2,(H,23,25)(H,24,26). The molecule has 0 radical (unpaired) electrons. The summed E-state index contributed by atoms with van der Waals surface area (Å²) >= 11 is 5.86. The highest BCUT2D eigenvalue weighted by Crippen LogP contribution is 2.36. The molecule has 0 bridgehead atoms. The summed E-state index contributed by atoms with van der Waals surface area (Å²) in [6, 6.07) is 19.3. The molecule has 134 valence electrons. The van der Waals surface area contributed by atoms with E-state index in [1.165, 1.54) is 0 Å². The fraction of sp³-hybridized carbons (Fsp3) is 0.0476. The number of hydrogen-bond donors (Lipinski definition) is 2. The van der Waals surface area contributed by atoms with Crippen molar-refractivity contribution in [1.82, 2.24) is 0 Å². The molecule has 0 fully saturated rings. The number of fused-ring (bicyclic) bond motifs is 2. The molecule has 1 aliphatic rings. The summed E-state index contributed by atoms with van der Waals surface area (Å²) in [5.74, 6) is 0.538. The molecule has 3 aromatic rings. The second-order valence-electron chi connectivity index (χ2n) is 6.11. The van der Waals surface area contributed by atoms with Gasteiger partial charge >= 0.3 is 0 Å². The number of rotatable bonds is 3. The topological polar surface area (TPSA) is 67.4 Å². The van der Waals surface area contributed by atoms with Crippen molar-refractivity contribution in [2.24, 2.45) is 0 Å². The van der Waals surface area contributed by atoms with Crippen LogP contribution in [0.15, 0.2) is 66.7 Å². The van der Waals surface area contributed by atoms with Gasteiger partial charge in [-0.3, -0.25) is 9.59 Å². The van der Waals surface area contributed by atoms with E-state index in [0.29, 0.717) is 33.5 Å². The lowest BCUT2D eigenvalue weighted by atomic mass is 10.1. The monoisotopic (exact) mass is 378 g/mol. The third kappa shape index (κ3) is 3.78. The van der Waals surface area contributed by atoms with Crippen molar-refractivity contribution in [3.8, 4) is 11.5 Å². The van der Waals surface area contributed by atoms with Gasteiger partial charge in [0.2, 0.25) is 5.91 Å². The van der Waals surface area contributed by atoms with Gasteiger partial charge < -0.3 is 15.4 Å². The predicted molar refractivity (Wildman–Crippen MR) is 105 cm³/mol. The fourth-order valence-electron chi connectivity index (χ4n) is 2.83. The van der Waals surface area contributed by atoms with Crippen LogP contribution in [0.1, 0.15) is 15.9 Å². The summed E-state index contributed by atoms with van der Waals surface area (Å²) in [6.07, 6.45) is 0.211. The number of halogens is 1. The molecule has 6 heteroatoms. The molecule has 0 aromatic heterocycles. The van der Waals surface area contributed by atoms with Crippen molar-refractivity contribution in [2.75, 3.05) is 10.6 Å². The molecule has 5 nitrogen and oxygen atoms in total. The number of amides is 2. The first-order valence-corrected chi connectivity index (χ1v) is 8.73. The third-order valence-corrected chi connectivity index (χ3v) is 4.39. The van der Waals surface area contributed by atoms with Crippen molar-refractivity contribution in [3.05, 3.63) is 82.9 Å². The minimum atomic E-state index is -0.288. The Morgan fingerprint density at radius 3 is 2.59 bits per heavy atom. The highest BCUT2D eigenvalue weighted by Gasteiger charge is 2.21. The van der Waals surface area contributed by atoms with E-state index in [9.17, 15) is 9.59 Å². The van der Waals surface area contributed by atoms with Crippen LogP contribution in [0, 0.1) is 0 Å². The van der Waals surface area contributed by atoms with E-state index in [1.54, 1.807) is 54.6 Å². The molecule has 0 atom stereocenters. The molecule has 3 aromatic carbocycles. The number of hydrogen-bond acceptors (Lipinski definition) is 3. The van der Waals surface area contributed by atoms with Gasteiger partial charge in [0.05, 0.1) is 17.7 Å². The predicted octanol–water partition coefficient (Wildman–Crippen LogP) is 4.88. The number of benzene rings is 3. The van der Waals surface area contributed by atoms with Gasteiger partial charge in [-0.1, -0.05) is 35.9 Å². The Kier molecular flexibility index (Phi) is 4.52. The molecule has 27 heavy (non-hydrogen) atoms. The number of anilines is 2. The Balaban J connectivity index is 1.53. The minimum absolute atomic E-state index is 0.185. The number of para-hydroxylation sites is 2. The van der Waals surface area contributed by atoms with Crippen molar-refractivity contribution < 1.29 is 14.3 Å². The zero-order chi connectivity index (χ0) is 18.8.